The van der Waals surface area contributed by atoms with Crippen LogP contribution in [0.15, 0.2) is 35.1 Å². The van der Waals surface area contributed by atoms with Gasteiger partial charge in [-0.3, -0.25) is 0 Å². The molecule has 0 radical (unpaired) electrons. The number of ether oxygens (including phenoxy) is 1. The molecule has 112 valence electrons. The van der Waals surface area contributed by atoms with Crippen LogP contribution in [-0.4, -0.2) is 17.2 Å². The predicted molar refractivity (Wildman–Crippen MR) is 88.9 cm³/mol. The van der Waals surface area contributed by atoms with Gasteiger partial charge in [0.25, 0.3) is 0 Å². The van der Waals surface area contributed by atoms with Gasteiger partial charge in [-0.15, -0.1) is 0 Å². The van der Waals surface area contributed by atoms with Crippen LogP contribution < -0.4 is 10.1 Å². The highest BCUT2D eigenvalue weighted by Gasteiger charge is 2.17. The van der Waals surface area contributed by atoms with Crippen LogP contribution in [0, 0.1) is 0 Å². The van der Waals surface area contributed by atoms with Crippen LogP contribution in [0.5, 0.6) is 5.75 Å². The molecule has 1 aliphatic heterocycles. The van der Waals surface area contributed by atoms with E-state index in [4.69, 9.17) is 4.74 Å². The SMILES string of the molecule is CC(C)NCc1ccn(Cc2cc(Br)cc3c2OCC3)c1. The highest BCUT2D eigenvalue weighted by atomic mass is 79.9. The summed E-state index contributed by atoms with van der Waals surface area (Å²) in [5, 5.41) is 3.44. The predicted octanol–water partition coefficient (Wildman–Crippen LogP) is 3.73. The molecule has 0 atom stereocenters. The molecule has 0 bridgehead atoms. The molecule has 0 amide bonds. The van der Waals surface area contributed by atoms with E-state index in [1.807, 2.05) is 0 Å². The topological polar surface area (TPSA) is 26.2 Å². The number of hydrogen-bond donors (Lipinski definition) is 1. The molecule has 0 spiro atoms. The Morgan fingerprint density at radius 1 is 1.38 bits per heavy atom. The molecule has 4 heteroatoms. The second-order valence-electron chi connectivity index (χ2n) is 5.88. The second kappa shape index (κ2) is 6.24. The molecule has 1 aromatic carbocycles. The van der Waals surface area contributed by atoms with Gasteiger partial charge in [0.05, 0.1) is 13.2 Å². The fourth-order valence-corrected chi connectivity index (χ4v) is 3.23. The lowest BCUT2D eigenvalue weighted by atomic mass is 10.1. The Hall–Kier alpha value is -1.26. The third-order valence-electron chi connectivity index (χ3n) is 3.70. The first-order valence-electron chi connectivity index (χ1n) is 7.44. The molecule has 0 saturated carbocycles. The van der Waals surface area contributed by atoms with E-state index in [9.17, 15) is 0 Å². The third kappa shape index (κ3) is 3.50. The van der Waals surface area contributed by atoms with Crippen molar-refractivity contribution in [3.63, 3.8) is 0 Å². The number of nitrogens with zero attached hydrogens (tertiary/aromatic N) is 1. The van der Waals surface area contributed by atoms with Gasteiger partial charge in [0.2, 0.25) is 0 Å². The van der Waals surface area contributed by atoms with Crippen LogP contribution in [-0.2, 0) is 19.5 Å². The lowest BCUT2D eigenvalue weighted by Gasteiger charge is -2.10. The lowest BCUT2D eigenvalue weighted by molar-refractivity contribution is 0.352. The smallest absolute Gasteiger partial charge is 0.127 e. The molecule has 3 nitrogen and oxygen atoms in total. The first-order chi connectivity index (χ1) is 10.1. The van der Waals surface area contributed by atoms with Crippen LogP contribution in [0.25, 0.3) is 0 Å². The molecule has 0 saturated heterocycles. The Balaban J connectivity index is 1.75. The zero-order chi connectivity index (χ0) is 14.8. The van der Waals surface area contributed by atoms with Crippen LogP contribution in [0.4, 0.5) is 0 Å². The van der Waals surface area contributed by atoms with Gasteiger partial charge in [-0.2, -0.15) is 0 Å². The maximum atomic E-state index is 5.80. The van der Waals surface area contributed by atoms with E-state index < -0.39 is 0 Å². The lowest BCUT2D eigenvalue weighted by Crippen LogP contribution is -2.21. The highest BCUT2D eigenvalue weighted by Crippen LogP contribution is 2.33. The van der Waals surface area contributed by atoms with Crippen LogP contribution in [0.3, 0.4) is 0 Å². The van der Waals surface area contributed by atoms with Crippen molar-refractivity contribution in [1.29, 1.82) is 0 Å². The minimum absolute atomic E-state index is 0.509. The first-order valence-corrected chi connectivity index (χ1v) is 8.23. The largest absolute Gasteiger partial charge is 0.493 e. The molecule has 2 heterocycles. The summed E-state index contributed by atoms with van der Waals surface area (Å²) in [6.45, 7) is 6.90. The number of halogens is 1. The Morgan fingerprint density at radius 3 is 3.05 bits per heavy atom. The van der Waals surface area contributed by atoms with E-state index in [0.717, 1.165) is 36.3 Å². The quantitative estimate of drug-likeness (QED) is 0.890. The zero-order valence-electron chi connectivity index (χ0n) is 12.5. The molecular formula is C17H21BrN2O. The van der Waals surface area contributed by atoms with E-state index in [1.165, 1.54) is 16.7 Å². The first kappa shape index (κ1) is 14.7. The van der Waals surface area contributed by atoms with Gasteiger partial charge in [-0.25, -0.2) is 0 Å². The van der Waals surface area contributed by atoms with Crippen molar-refractivity contribution in [3.05, 3.63) is 51.8 Å². The van der Waals surface area contributed by atoms with Crippen molar-refractivity contribution in [2.24, 2.45) is 0 Å². The van der Waals surface area contributed by atoms with Gasteiger partial charge in [-0.05, 0) is 29.3 Å². The molecule has 1 aromatic heterocycles. The number of hydrogen-bond acceptors (Lipinski definition) is 2. The second-order valence-corrected chi connectivity index (χ2v) is 6.79. The molecule has 21 heavy (non-hydrogen) atoms. The summed E-state index contributed by atoms with van der Waals surface area (Å²) in [4.78, 5) is 0. The Bertz CT molecular complexity index is 634. The third-order valence-corrected chi connectivity index (χ3v) is 4.16. The summed E-state index contributed by atoms with van der Waals surface area (Å²) in [7, 11) is 0. The summed E-state index contributed by atoms with van der Waals surface area (Å²) < 4.78 is 9.15. The van der Waals surface area contributed by atoms with Crippen molar-refractivity contribution in [3.8, 4) is 5.75 Å². The molecule has 0 aliphatic carbocycles. The monoisotopic (exact) mass is 348 g/mol. The highest BCUT2D eigenvalue weighted by molar-refractivity contribution is 9.10. The maximum Gasteiger partial charge on any atom is 0.127 e. The van der Waals surface area contributed by atoms with E-state index in [0.29, 0.717) is 6.04 Å². The maximum absolute atomic E-state index is 5.80. The molecule has 0 unspecified atom stereocenters. The summed E-state index contributed by atoms with van der Waals surface area (Å²) in [6, 6.07) is 7.01. The van der Waals surface area contributed by atoms with Gasteiger partial charge < -0.3 is 14.6 Å². The number of fused-ring (bicyclic) bond motifs is 1. The van der Waals surface area contributed by atoms with Crippen molar-refractivity contribution >= 4 is 15.9 Å². The minimum atomic E-state index is 0.509. The van der Waals surface area contributed by atoms with Gasteiger partial charge in [-0.1, -0.05) is 29.8 Å². The molecule has 0 fully saturated rings. The molecule has 3 rings (SSSR count). The standard InChI is InChI=1S/C17H21BrN2O/c1-12(2)19-9-13-3-5-20(10-13)11-15-8-16(18)7-14-4-6-21-17(14)15/h3,5,7-8,10,12,19H,4,6,9,11H2,1-2H3. The average molecular weight is 349 g/mol. The summed E-state index contributed by atoms with van der Waals surface area (Å²) in [5.41, 5.74) is 3.88. The normalized spacial score (nSPS) is 13.5. The van der Waals surface area contributed by atoms with Crippen LogP contribution in [0.1, 0.15) is 30.5 Å². The summed E-state index contributed by atoms with van der Waals surface area (Å²) >= 11 is 3.60. The number of aromatic nitrogens is 1. The number of rotatable bonds is 5. The minimum Gasteiger partial charge on any atom is -0.493 e. The van der Waals surface area contributed by atoms with E-state index in [1.54, 1.807) is 0 Å². The van der Waals surface area contributed by atoms with E-state index in [2.05, 4.69) is 70.3 Å². The molecule has 1 N–H and O–H groups in total. The summed E-state index contributed by atoms with van der Waals surface area (Å²) in [5.74, 6) is 1.08. The van der Waals surface area contributed by atoms with Crippen molar-refractivity contribution < 1.29 is 4.74 Å². The Labute approximate surface area is 134 Å². The number of benzene rings is 1. The van der Waals surface area contributed by atoms with Crippen LogP contribution >= 0.6 is 15.9 Å². The number of nitrogens with one attached hydrogen (secondary N) is 1. The molecular weight excluding hydrogens is 328 g/mol. The van der Waals surface area contributed by atoms with Crippen LogP contribution in [0.2, 0.25) is 0 Å². The van der Waals surface area contributed by atoms with Gasteiger partial charge in [0.1, 0.15) is 5.75 Å². The van der Waals surface area contributed by atoms with E-state index >= 15 is 0 Å². The van der Waals surface area contributed by atoms with Gasteiger partial charge in [0.15, 0.2) is 0 Å². The van der Waals surface area contributed by atoms with Gasteiger partial charge in [0, 0.05) is 41.4 Å². The Kier molecular flexibility index (Phi) is 4.36. The summed E-state index contributed by atoms with van der Waals surface area (Å²) in [6.07, 6.45) is 5.36. The van der Waals surface area contributed by atoms with Crippen molar-refractivity contribution in [1.82, 2.24) is 9.88 Å². The fraction of sp³-hybridized carbons (Fsp3) is 0.412. The van der Waals surface area contributed by atoms with Gasteiger partial charge >= 0.3 is 0 Å². The van der Waals surface area contributed by atoms with E-state index in [-0.39, 0.29) is 0 Å². The zero-order valence-corrected chi connectivity index (χ0v) is 14.1. The molecule has 1 aliphatic rings. The van der Waals surface area contributed by atoms with Crippen molar-refractivity contribution in [2.75, 3.05) is 6.61 Å². The average Bonchev–Trinajstić information content (AvgIpc) is 3.05. The van der Waals surface area contributed by atoms with Crippen molar-refractivity contribution in [2.45, 2.75) is 39.4 Å². The Morgan fingerprint density at radius 2 is 2.24 bits per heavy atom. The fourth-order valence-electron chi connectivity index (χ4n) is 2.68. The molecule has 2 aromatic rings.